The molecule has 1 heterocycles. The van der Waals surface area contributed by atoms with Crippen LogP contribution in [0.2, 0.25) is 0 Å². The Morgan fingerprint density at radius 3 is 2.32 bits per heavy atom. The summed E-state index contributed by atoms with van der Waals surface area (Å²) in [6, 6.07) is 12.7. The van der Waals surface area contributed by atoms with Gasteiger partial charge in [0.25, 0.3) is 5.91 Å². The van der Waals surface area contributed by atoms with E-state index < -0.39 is 5.97 Å². The molecule has 142 valence electrons. The molecule has 28 heavy (non-hydrogen) atoms. The van der Waals surface area contributed by atoms with Crippen LogP contribution >= 0.6 is 0 Å². The van der Waals surface area contributed by atoms with Crippen molar-refractivity contribution in [3.8, 4) is 0 Å². The lowest BCUT2D eigenvalue weighted by molar-refractivity contribution is 0.0601. The molecule has 1 amide bonds. The summed E-state index contributed by atoms with van der Waals surface area (Å²) in [5, 5.41) is 5.83. The molecule has 7 heteroatoms. The minimum atomic E-state index is -0.458. The third-order valence-corrected chi connectivity index (χ3v) is 3.96. The number of hydrogen-bond donors (Lipinski definition) is 2. The number of esters is 1. The van der Waals surface area contributed by atoms with E-state index in [2.05, 4.69) is 20.6 Å². The first-order valence-electron chi connectivity index (χ1n) is 8.62. The molecule has 7 nitrogen and oxygen atoms in total. The number of aromatic nitrogens is 2. The van der Waals surface area contributed by atoms with Gasteiger partial charge in [0.15, 0.2) is 0 Å². The first-order valence-corrected chi connectivity index (χ1v) is 8.62. The van der Waals surface area contributed by atoms with E-state index in [1.807, 2.05) is 32.0 Å². The quantitative estimate of drug-likeness (QED) is 0.657. The third kappa shape index (κ3) is 4.50. The van der Waals surface area contributed by atoms with Crippen molar-refractivity contribution < 1.29 is 14.3 Å². The fourth-order valence-electron chi connectivity index (χ4n) is 2.77. The summed E-state index contributed by atoms with van der Waals surface area (Å²) in [6.45, 7) is 3.93. The van der Waals surface area contributed by atoms with Crippen molar-refractivity contribution >= 4 is 29.1 Å². The Bertz CT molecular complexity index is 996. The van der Waals surface area contributed by atoms with Crippen molar-refractivity contribution in [1.29, 1.82) is 0 Å². The van der Waals surface area contributed by atoms with Gasteiger partial charge in [-0.25, -0.2) is 14.8 Å². The van der Waals surface area contributed by atoms with Gasteiger partial charge in [-0.3, -0.25) is 4.79 Å². The molecular weight excluding hydrogens is 356 g/mol. The van der Waals surface area contributed by atoms with Crippen LogP contribution < -0.4 is 10.6 Å². The van der Waals surface area contributed by atoms with Gasteiger partial charge in [0.1, 0.15) is 11.5 Å². The Balaban J connectivity index is 1.73. The molecule has 0 radical (unpaired) electrons. The summed E-state index contributed by atoms with van der Waals surface area (Å²) in [5.74, 6) is -0.404. The van der Waals surface area contributed by atoms with Crippen molar-refractivity contribution in [3.63, 3.8) is 0 Å². The van der Waals surface area contributed by atoms with Crippen LogP contribution in [0.4, 0.5) is 17.2 Å². The number of amides is 1. The number of carbonyl (C=O) groups is 2. The molecular formula is C21H20N4O3. The number of nitrogens with one attached hydrogen (secondary N) is 2. The zero-order valence-corrected chi connectivity index (χ0v) is 15.8. The molecule has 2 aromatic carbocycles. The highest BCUT2D eigenvalue weighted by Gasteiger charge is 2.13. The Hall–Kier alpha value is -3.74. The molecule has 3 rings (SSSR count). The highest BCUT2D eigenvalue weighted by Crippen LogP contribution is 2.20. The van der Waals surface area contributed by atoms with Crippen LogP contribution in [0.1, 0.15) is 32.0 Å². The van der Waals surface area contributed by atoms with Gasteiger partial charge in [-0.05, 0) is 49.2 Å². The molecule has 0 bridgehead atoms. The topological polar surface area (TPSA) is 93.2 Å². The second-order valence-electron chi connectivity index (χ2n) is 6.28. The maximum Gasteiger partial charge on any atom is 0.339 e. The van der Waals surface area contributed by atoms with Gasteiger partial charge in [0.05, 0.1) is 30.8 Å². The standard InChI is InChI=1S/C21H20N4O3/c1-13-8-14(2)10-15(9-13)24-20(26)18-11-23-19(12-22-18)25-17-7-5-4-6-16(17)21(27)28-3/h4-12H,1-3H3,(H,23,25)(H,24,26). The lowest BCUT2D eigenvalue weighted by atomic mass is 10.1. The van der Waals surface area contributed by atoms with Crippen LogP contribution in [-0.2, 0) is 4.74 Å². The Labute approximate surface area is 162 Å². The molecule has 1 aromatic heterocycles. The first-order chi connectivity index (χ1) is 13.5. The van der Waals surface area contributed by atoms with E-state index in [-0.39, 0.29) is 11.6 Å². The van der Waals surface area contributed by atoms with Crippen LogP contribution in [0.15, 0.2) is 54.9 Å². The van der Waals surface area contributed by atoms with E-state index in [9.17, 15) is 9.59 Å². The van der Waals surface area contributed by atoms with E-state index in [1.54, 1.807) is 24.3 Å². The maximum absolute atomic E-state index is 12.4. The molecule has 0 atom stereocenters. The van der Waals surface area contributed by atoms with Crippen molar-refractivity contribution in [1.82, 2.24) is 9.97 Å². The zero-order chi connectivity index (χ0) is 20.1. The van der Waals surface area contributed by atoms with Gasteiger partial charge >= 0.3 is 5.97 Å². The minimum Gasteiger partial charge on any atom is -0.465 e. The van der Waals surface area contributed by atoms with E-state index in [4.69, 9.17) is 4.74 Å². The van der Waals surface area contributed by atoms with Crippen LogP contribution in [-0.4, -0.2) is 29.0 Å². The number of rotatable bonds is 5. The van der Waals surface area contributed by atoms with E-state index in [0.717, 1.165) is 11.1 Å². The van der Waals surface area contributed by atoms with E-state index >= 15 is 0 Å². The molecule has 0 saturated heterocycles. The van der Waals surface area contributed by atoms with E-state index in [0.29, 0.717) is 22.8 Å². The number of ether oxygens (including phenoxy) is 1. The Kier molecular flexibility index (Phi) is 5.64. The maximum atomic E-state index is 12.4. The molecule has 3 aromatic rings. The summed E-state index contributed by atoms with van der Waals surface area (Å²) in [6.07, 6.45) is 2.81. The van der Waals surface area contributed by atoms with Gasteiger partial charge in [-0.2, -0.15) is 0 Å². The van der Waals surface area contributed by atoms with Gasteiger partial charge in [0, 0.05) is 5.69 Å². The highest BCUT2D eigenvalue weighted by atomic mass is 16.5. The normalized spacial score (nSPS) is 10.2. The molecule has 0 fully saturated rings. The number of carbonyl (C=O) groups excluding carboxylic acids is 2. The fraction of sp³-hybridized carbons (Fsp3) is 0.143. The van der Waals surface area contributed by atoms with Crippen LogP contribution in [0, 0.1) is 13.8 Å². The van der Waals surface area contributed by atoms with Crippen molar-refractivity contribution in [2.75, 3.05) is 17.7 Å². The van der Waals surface area contributed by atoms with Crippen molar-refractivity contribution in [2.24, 2.45) is 0 Å². The minimum absolute atomic E-state index is 0.186. The number of nitrogens with zero attached hydrogens (tertiary/aromatic N) is 2. The second-order valence-corrected chi connectivity index (χ2v) is 6.28. The van der Waals surface area contributed by atoms with Crippen LogP contribution in [0.3, 0.4) is 0 Å². The van der Waals surface area contributed by atoms with Crippen LogP contribution in [0.5, 0.6) is 0 Å². The largest absolute Gasteiger partial charge is 0.465 e. The molecule has 0 spiro atoms. The summed E-state index contributed by atoms with van der Waals surface area (Å²) < 4.78 is 4.77. The molecule has 0 saturated carbocycles. The average molecular weight is 376 g/mol. The summed E-state index contributed by atoms with van der Waals surface area (Å²) in [4.78, 5) is 32.6. The van der Waals surface area contributed by atoms with Crippen LogP contribution in [0.25, 0.3) is 0 Å². The summed E-state index contributed by atoms with van der Waals surface area (Å²) in [7, 11) is 1.32. The van der Waals surface area contributed by atoms with Gasteiger partial charge in [-0.15, -0.1) is 0 Å². The predicted molar refractivity (Wildman–Crippen MR) is 107 cm³/mol. The molecule has 2 N–H and O–H groups in total. The average Bonchev–Trinajstić information content (AvgIpc) is 2.67. The smallest absolute Gasteiger partial charge is 0.339 e. The van der Waals surface area contributed by atoms with Gasteiger partial charge in [0.2, 0.25) is 0 Å². The highest BCUT2D eigenvalue weighted by molar-refractivity contribution is 6.02. The third-order valence-electron chi connectivity index (χ3n) is 3.96. The number of hydrogen-bond acceptors (Lipinski definition) is 6. The second kappa shape index (κ2) is 8.30. The molecule has 0 aliphatic rings. The van der Waals surface area contributed by atoms with Crippen molar-refractivity contribution in [3.05, 3.63) is 77.2 Å². The lowest BCUT2D eigenvalue weighted by Gasteiger charge is -2.10. The first kappa shape index (κ1) is 19.0. The number of methoxy groups -OCH3 is 1. The lowest BCUT2D eigenvalue weighted by Crippen LogP contribution is -2.14. The van der Waals surface area contributed by atoms with Gasteiger partial charge in [-0.1, -0.05) is 18.2 Å². The zero-order valence-electron chi connectivity index (χ0n) is 15.8. The molecule has 0 aliphatic carbocycles. The van der Waals surface area contributed by atoms with E-state index in [1.165, 1.54) is 19.5 Å². The molecule has 0 aliphatic heterocycles. The fourth-order valence-corrected chi connectivity index (χ4v) is 2.77. The van der Waals surface area contributed by atoms with Gasteiger partial charge < -0.3 is 15.4 Å². The number of anilines is 3. The number of para-hydroxylation sites is 1. The predicted octanol–water partition coefficient (Wildman–Crippen LogP) is 3.88. The Morgan fingerprint density at radius 2 is 1.68 bits per heavy atom. The number of benzene rings is 2. The summed E-state index contributed by atoms with van der Waals surface area (Å²) in [5.41, 5.74) is 3.93. The monoisotopic (exact) mass is 376 g/mol. The van der Waals surface area contributed by atoms with Crippen molar-refractivity contribution in [2.45, 2.75) is 13.8 Å². The SMILES string of the molecule is COC(=O)c1ccccc1Nc1cnc(C(=O)Nc2cc(C)cc(C)c2)cn1. The Morgan fingerprint density at radius 1 is 0.964 bits per heavy atom. The summed E-state index contributed by atoms with van der Waals surface area (Å²) >= 11 is 0. The molecule has 0 unspecified atom stereocenters. The number of aryl methyl sites for hydroxylation is 2.